The van der Waals surface area contributed by atoms with E-state index in [4.69, 9.17) is 21.4 Å². The van der Waals surface area contributed by atoms with E-state index in [9.17, 15) is 5.11 Å². The first-order chi connectivity index (χ1) is 15.6. The number of nitrogens with zero attached hydrogens (tertiary/aromatic N) is 2. The van der Waals surface area contributed by atoms with Crippen LogP contribution in [-0.2, 0) is 0 Å². The van der Waals surface area contributed by atoms with Crippen LogP contribution in [-0.4, -0.2) is 15.8 Å². The van der Waals surface area contributed by atoms with E-state index >= 15 is 0 Å². The number of ether oxygens (including phenoxy) is 1. The molecule has 4 aromatic rings. The minimum atomic E-state index is -0.552. The van der Waals surface area contributed by atoms with Crippen LogP contribution in [0.25, 0.3) is 10.8 Å². The number of phenols is 1. The Hall–Kier alpha value is -3.02. The number of hydrogen-bond donors (Lipinski definition) is 1. The lowest BCUT2D eigenvalue weighted by molar-refractivity contribution is -0.0203. The molecule has 32 heavy (non-hydrogen) atoms. The van der Waals surface area contributed by atoms with Crippen LogP contribution in [0.4, 0.5) is 0 Å². The van der Waals surface area contributed by atoms with Gasteiger partial charge in [-0.1, -0.05) is 63.9 Å². The second-order valence-corrected chi connectivity index (χ2v) is 9.42. The number of rotatable bonds is 2. The fourth-order valence-electron chi connectivity index (χ4n) is 4.53. The SMILES string of the molecule is Oc1ccc(Br)cc1[C@@H]1Oc2ccc(Cl)cc2[C@@H]2CC(c3ccc4ccccc4c3)=NN21. The number of hydrazone groups is 1. The largest absolute Gasteiger partial charge is 0.507 e. The third kappa shape index (κ3) is 3.24. The average molecular weight is 506 g/mol. The van der Waals surface area contributed by atoms with Crippen molar-refractivity contribution in [2.75, 3.05) is 0 Å². The van der Waals surface area contributed by atoms with Gasteiger partial charge in [0.25, 0.3) is 0 Å². The molecule has 0 saturated heterocycles. The Morgan fingerprint density at radius 2 is 1.78 bits per heavy atom. The van der Waals surface area contributed by atoms with E-state index in [0.717, 1.165) is 33.5 Å². The average Bonchev–Trinajstić information content (AvgIpc) is 3.26. The van der Waals surface area contributed by atoms with Gasteiger partial charge in [0.15, 0.2) is 0 Å². The Morgan fingerprint density at radius 1 is 0.938 bits per heavy atom. The summed E-state index contributed by atoms with van der Waals surface area (Å²) in [6.45, 7) is 0. The van der Waals surface area contributed by atoms with Gasteiger partial charge in [-0.2, -0.15) is 5.10 Å². The zero-order valence-electron chi connectivity index (χ0n) is 16.9. The molecule has 2 aliphatic heterocycles. The van der Waals surface area contributed by atoms with Gasteiger partial charge in [0.05, 0.1) is 17.3 Å². The molecule has 0 bridgehead atoms. The summed E-state index contributed by atoms with van der Waals surface area (Å²) >= 11 is 9.84. The molecule has 0 aromatic heterocycles. The molecule has 4 aromatic carbocycles. The summed E-state index contributed by atoms with van der Waals surface area (Å²) < 4.78 is 7.22. The van der Waals surface area contributed by atoms with Crippen LogP contribution >= 0.6 is 27.5 Å². The molecule has 1 N–H and O–H groups in total. The number of benzene rings is 4. The Balaban J connectivity index is 1.48. The summed E-state index contributed by atoms with van der Waals surface area (Å²) in [6.07, 6.45) is 0.171. The molecule has 0 spiro atoms. The number of hydrogen-bond acceptors (Lipinski definition) is 4. The maximum Gasteiger partial charge on any atom is 0.217 e. The topological polar surface area (TPSA) is 45.1 Å². The lowest BCUT2D eigenvalue weighted by Gasteiger charge is -2.38. The van der Waals surface area contributed by atoms with Gasteiger partial charge < -0.3 is 9.84 Å². The first-order valence-electron chi connectivity index (χ1n) is 10.4. The third-order valence-electron chi connectivity index (χ3n) is 6.09. The van der Waals surface area contributed by atoms with Gasteiger partial charge in [0, 0.05) is 21.5 Å². The second-order valence-electron chi connectivity index (χ2n) is 8.06. The second kappa shape index (κ2) is 7.54. The standard InChI is InChI=1S/C26H18BrClN2O2/c27-18-7-9-24(31)21(12-18)26-30-23(20-13-19(28)8-10-25(20)32-26)14-22(29-30)17-6-5-15-3-1-2-4-16(15)11-17/h1-13,23,26,31H,14H2/t23-,26-/m0/s1. The highest BCUT2D eigenvalue weighted by atomic mass is 79.9. The minimum absolute atomic E-state index is 0.0395. The predicted molar refractivity (Wildman–Crippen MR) is 130 cm³/mol. The maximum absolute atomic E-state index is 10.6. The van der Waals surface area contributed by atoms with Gasteiger partial charge in [-0.15, -0.1) is 0 Å². The van der Waals surface area contributed by atoms with E-state index in [1.165, 1.54) is 10.8 Å². The highest BCUT2D eigenvalue weighted by Crippen LogP contribution is 2.49. The predicted octanol–water partition coefficient (Wildman–Crippen LogP) is 7.20. The monoisotopic (exact) mass is 504 g/mol. The molecular formula is C26H18BrClN2O2. The van der Waals surface area contributed by atoms with Crippen molar-refractivity contribution < 1.29 is 9.84 Å². The Labute approximate surface area is 198 Å². The van der Waals surface area contributed by atoms with Crippen LogP contribution < -0.4 is 4.74 Å². The molecule has 0 aliphatic carbocycles. The summed E-state index contributed by atoms with van der Waals surface area (Å²) in [6, 6.07) is 25.7. The molecule has 0 unspecified atom stereocenters. The van der Waals surface area contributed by atoms with Gasteiger partial charge in [-0.3, -0.25) is 0 Å². The van der Waals surface area contributed by atoms with Gasteiger partial charge in [0.1, 0.15) is 11.5 Å². The molecular weight excluding hydrogens is 488 g/mol. The molecule has 2 aliphatic rings. The molecule has 6 rings (SSSR count). The number of fused-ring (bicyclic) bond motifs is 4. The fourth-order valence-corrected chi connectivity index (χ4v) is 5.09. The van der Waals surface area contributed by atoms with E-state index in [-0.39, 0.29) is 11.8 Å². The van der Waals surface area contributed by atoms with Gasteiger partial charge in [-0.25, -0.2) is 5.01 Å². The third-order valence-corrected chi connectivity index (χ3v) is 6.82. The normalized spacial score (nSPS) is 19.3. The van der Waals surface area contributed by atoms with Crippen molar-refractivity contribution >= 4 is 44.0 Å². The van der Waals surface area contributed by atoms with Crippen molar-refractivity contribution in [1.29, 1.82) is 0 Å². The van der Waals surface area contributed by atoms with Crippen LogP contribution in [0.15, 0.2) is 88.4 Å². The molecule has 2 heterocycles. The number of phenolic OH excluding ortho intramolecular Hbond substituents is 1. The van der Waals surface area contributed by atoms with Crippen LogP contribution in [0.2, 0.25) is 5.02 Å². The first-order valence-corrected chi connectivity index (χ1v) is 11.5. The van der Waals surface area contributed by atoms with Gasteiger partial charge >= 0.3 is 0 Å². The van der Waals surface area contributed by atoms with Crippen molar-refractivity contribution in [3.8, 4) is 11.5 Å². The minimum Gasteiger partial charge on any atom is -0.507 e. The number of halogens is 2. The van der Waals surface area contributed by atoms with Crippen molar-refractivity contribution in [3.05, 3.63) is 105 Å². The molecule has 0 saturated carbocycles. The van der Waals surface area contributed by atoms with Crippen molar-refractivity contribution in [3.63, 3.8) is 0 Å². The summed E-state index contributed by atoms with van der Waals surface area (Å²) in [4.78, 5) is 0. The van der Waals surface area contributed by atoms with E-state index in [2.05, 4.69) is 46.3 Å². The summed E-state index contributed by atoms with van der Waals surface area (Å²) in [5, 5.41) is 20.6. The molecule has 0 amide bonds. The van der Waals surface area contributed by atoms with Crippen molar-refractivity contribution in [1.82, 2.24) is 5.01 Å². The van der Waals surface area contributed by atoms with Crippen LogP contribution in [0.1, 0.15) is 35.4 Å². The quantitative estimate of drug-likeness (QED) is 0.313. The lowest BCUT2D eigenvalue weighted by atomic mass is 9.95. The molecule has 0 fully saturated rings. The summed E-state index contributed by atoms with van der Waals surface area (Å²) in [5.74, 6) is 0.929. The van der Waals surface area contributed by atoms with Gasteiger partial charge in [-0.05, 0) is 58.8 Å². The Kier molecular flexibility index (Phi) is 4.63. The summed E-state index contributed by atoms with van der Waals surface area (Å²) in [7, 11) is 0. The van der Waals surface area contributed by atoms with Crippen molar-refractivity contribution in [2.45, 2.75) is 18.7 Å². The van der Waals surface area contributed by atoms with Crippen molar-refractivity contribution in [2.24, 2.45) is 5.10 Å². The molecule has 0 radical (unpaired) electrons. The lowest BCUT2D eigenvalue weighted by Crippen LogP contribution is -2.33. The smallest absolute Gasteiger partial charge is 0.217 e. The highest BCUT2D eigenvalue weighted by molar-refractivity contribution is 9.10. The molecule has 6 heteroatoms. The molecule has 2 atom stereocenters. The van der Waals surface area contributed by atoms with Gasteiger partial charge in [0.2, 0.25) is 6.23 Å². The fraction of sp³-hybridized carbons (Fsp3) is 0.115. The number of aromatic hydroxyl groups is 1. The Morgan fingerprint density at radius 3 is 2.66 bits per heavy atom. The molecule has 4 nitrogen and oxygen atoms in total. The van der Waals surface area contributed by atoms with Crippen LogP contribution in [0.5, 0.6) is 11.5 Å². The first kappa shape index (κ1) is 19.6. The van der Waals surface area contributed by atoms with E-state index in [1.54, 1.807) is 12.1 Å². The van der Waals surface area contributed by atoms with E-state index in [0.29, 0.717) is 10.6 Å². The molecule has 158 valence electrons. The van der Waals surface area contributed by atoms with Crippen LogP contribution in [0, 0.1) is 0 Å². The van der Waals surface area contributed by atoms with E-state index in [1.807, 2.05) is 41.4 Å². The Bertz CT molecular complexity index is 1400. The zero-order chi connectivity index (χ0) is 21.8. The van der Waals surface area contributed by atoms with Crippen LogP contribution in [0.3, 0.4) is 0 Å². The van der Waals surface area contributed by atoms with E-state index < -0.39 is 6.23 Å². The summed E-state index contributed by atoms with van der Waals surface area (Å²) in [5.41, 5.74) is 3.73. The maximum atomic E-state index is 10.6. The highest BCUT2D eigenvalue weighted by Gasteiger charge is 2.42. The zero-order valence-corrected chi connectivity index (χ0v) is 19.2.